The summed E-state index contributed by atoms with van der Waals surface area (Å²) >= 11 is 1.67. The zero-order valence-corrected chi connectivity index (χ0v) is 22.1. The highest BCUT2D eigenvalue weighted by atomic mass is 32.1. The molecule has 5 nitrogen and oxygen atoms in total. The number of phenols is 1. The van der Waals surface area contributed by atoms with Crippen LogP contribution in [-0.4, -0.2) is 47.2 Å². The second-order valence-electron chi connectivity index (χ2n) is 11.0. The quantitative estimate of drug-likeness (QED) is 0.458. The number of phenolic OH excluding ortho intramolecular Hbond substituents is 1. The number of aromatic hydroxyl groups is 1. The number of benzene rings is 1. The van der Waals surface area contributed by atoms with Crippen molar-refractivity contribution in [2.75, 3.05) is 32.1 Å². The Bertz CT molecular complexity index is 1030. The van der Waals surface area contributed by atoms with E-state index in [1.165, 1.54) is 5.56 Å². The molecule has 0 atom stereocenters. The molecule has 1 N–H and O–H groups in total. The van der Waals surface area contributed by atoms with Crippen molar-refractivity contribution in [1.29, 1.82) is 0 Å². The molecule has 0 fully saturated rings. The molecule has 0 saturated carbocycles. The van der Waals surface area contributed by atoms with Gasteiger partial charge in [-0.05, 0) is 48.7 Å². The third kappa shape index (κ3) is 6.33. The minimum atomic E-state index is -0.170. The van der Waals surface area contributed by atoms with Crippen LogP contribution in [0.1, 0.15) is 58.2 Å². The van der Waals surface area contributed by atoms with Gasteiger partial charge in [0.2, 0.25) is 0 Å². The van der Waals surface area contributed by atoms with Gasteiger partial charge in [0.1, 0.15) is 5.75 Å². The van der Waals surface area contributed by atoms with Crippen molar-refractivity contribution in [2.24, 2.45) is 0 Å². The molecular formula is C27H38N4OS. The van der Waals surface area contributed by atoms with Crippen molar-refractivity contribution in [2.45, 2.75) is 58.9 Å². The number of rotatable bonds is 7. The molecule has 0 aliphatic carbocycles. The van der Waals surface area contributed by atoms with Gasteiger partial charge in [0, 0.05) is 54.1 Å². The van der Waals surface area contributed by atoms with Crippen LogP contribution in [0.3, 0.4) is 0 Å². The van der Waals surface area contributed by atoms with Crippen LogP contribution in [0.25, 0.3) is 11.3 Å². The molecule has 0 spiro atoms. The monoisotopic (exact) mass is 466 g/mol. The Balaban J connectivity index is 2.02. The normalized spacial score (nSPS) is 12.4. The third-order valence-electron chi connectivity index (χ3n) is 5.70. The van der Waals surface area contributed by atoms with Crippen LogP contribution in [0.5, 0.6) is 5.75 Å². The van der Waals surface area contributed by atoms with Crippen molar-refractivity contribution in [1.82, 2.24) is 14.9 Å². The average molecular weight is 467 g/mol. The van der Waals surface area contributed by atoms with Gasteiger partial charge in [0.25, 0.3) is 0 Å². The first-order valence-electron chi connectivity index (χ1n) is 11.5. The first-order chi connectivity index (χ1) is 15.4. The van der Waals surface area contributed by atoms with Gasteiger partial charge >= 0.3 is 0 Å². The lowest BCUT2D eigenvalue weighted by Crippen LogP contribution is -2.31. The van der Waals surface area contributed by atoms with Gasteiger partial charge in [0.05, 0.1) is 5.69 Å². The number of anilines is 1. The van der Waals surface area contributed by atoms with E-state index in [-0.39, 0.29) is 10.8 Å². The Kier molecular flexibility index (Phi) is 7.49. The number of aromatic nitrogens is 2. The van der Waals surface area contributed by atoms with Gasteiger partial charge in [-0.2, -0.15) is 0 Å². The Morgan fingerprint density at radius 3 is 2.12 bits per heavy atom. The van der Waals surface area contributed by atoms with E-state index >= 15 is 0 Å². The van der Waals surface area contributed by atoms with Crippen LogP contribution in [0.15, 0.2) is 42.0 Å². The highest BCUT2D eigenvalue weighted by Crippen LogP contribution is 2.42. The molecule has 3 aromatic rings. The largest absolute Gasteiger partial charge is 0.507 e. The third-order valence-corrected chi connectivity index (χ3v) is 6.60. The lowest BCUT2D eigenvalue weighted by molar-refractivity contribution is 0.412. The maximum atomic E-state index is 11.1. The van der Waals surface area contributed by atoms with E-state index in [0.29, 0.717) is 5.75 Å². The van der Waals surface area contributed by atoms with Crippen LogP contribution in [0.2, 0.25) is 0 Å². The van der Waals surface area contributed by atoms with E-state index in [2.05, 4.69) is 94.0 Å². The standard InChI is InChI=1S/C27H38N4OS/c1-26(2,3)21-14-20(15-22(24(21)32)27(4,5)6)23-18-33-25(29-23)31(13-12-30(7)8)17-19-10-9-11-28-16-19/h9-11,14-16,18,32H,12-13,17H2,1-8H3. The fraction of sp³-hybridized carbons (Fsp3) is 0.481. The number of hydrogen-bond acceptors (Lipinski definition) is 6. The van der Waals surface area contributed by atoms with Gasteiger partial charge in [-0.1, -0.05) is 47.6 Å². The molecule has 6 heteroatoms. The first kappa shape index (κ1) is 25.2. The van der Waals surface area contributed by atoms with Crippen LogP contribution in [0.4, 0.5) is 5.13 Å². The maximum absolute atomic E-state index is 11.1. The molecule has 1 aromatic carbocycles. The summed E-state index contributed by atoms with van der Waals surface area (Å²) in [5, 5.41) is 14.2. The van der Waals surface area contributed by atoms with Gasteiger partial charge in [0.15, 0.2) is 5.13 Å². The van der Waals surface area contributed by atoms with E-state index in [0.717, 1.165) is 47.2 Å². The smallest absolute Gasteiger partial charge is 0.186 e. The summed E-state index contributed by atoms with van der Waals surface area (Å²) in [6.45, 7) is 15.4. The summed E-state index contributed by atoms with van der Waals surface area (Å²) in [5.41, 5.74) is 4.75. The Hall–Kier alpha value is -2.44. The second kappa shape index (κ2) is 9.82. The lowest BCUT2D eigenvalue weighted by atomic mass is 9.78. The summed E-state index contributed by atoms with van der Waals surface area (Å²) in [6, 6.07) is 8.30. The highest BCUT2D eigenvalue weighted by molar-refractivity contribution is 7.14. The fourth-order valence-corrected chi connectivity index (χ4v) is 4.60. The van der Waals surface area contributed by atoms with E-state index in [9.17, 15) is 5.11 Å². The van der Waals surface area contributed by atoms with Gasteiger partial charge in [-0.3, -0.25) is 4.98 Å². The predicted octanol–water partition coefficient (Wildman–Crippen LogP) is 6.07. The summed E-state index contributed by atoms with van der Waals surface area (Å²) in [4.78, 5) is 13.8. The van der Waals surface area contributed by atoms with Gasteiger partial charge < -0.3 is 14.9 Å². The highest BCUT2D eigenvalue weighted by Gasteiger charge is 2.27. The molecule has 3 rings (SSSR count). The van der Waals surface area contributed by atoms with Crippen molar-refractivity contribution in [3.8, 4) is 17.0 Å². The maximum Gasteiger partial charge on any atom is 0.186 e. The molecule has 0 aliphatic rings. The molecule has 0 unspecified atom stereocenters. The Morgan fingerprint density at radius 2 is 1.61 bits per heavy atom. The zero-order chi connectivity index (χ0) is 24.4. The lowest BCUT2D eigenvalue weighted by Gasteiger charge is -2.28. The summed E-state index contributed by atoms with van der Waals surface area (Å²) in [7, 11) is 4.18. The molecule has 2 heterocycles. The summed E-state index contributed by atoms with van der Waals surface area (Å²) in [5.74, 6) is 0.401. The summed E-state index contributed by atoms with van der Waals surface area (Å²) in [6.07, 6.45) is 3.72. The topological polar surface area (TPSA) is 52.5 Å². The molecule has 33 heavy (non-hydrogen) atoms. The molecule has 2 aromatic heterocycles. The predicted molar refractivity (Wildman–Crippen MR) is 140 cm³/mol. The average Bonchev–Trinajstić information content (AvgIpc) is 3.20. The number of hydrogen-bond donors (Lipinski definition) is 1. The molecule has 0 saturated heterocycles. The van der Waals surface area contributed by atoms with E-state index in [1.54, 1.807) is 17.5 Å². The van der Waals surface area contributed by atoms with Crippen molar-refractivity contribution >= 4 is 16.5 Å². The van der Waals surface area contributed by atoms with Crippen LogP contribution >= 0.6 is 11.3 Å². The van der Waals surface area contributed by atoms with Crippen LogP contribution in [0, 0.1) is 0 Å². The number of nitrogens with zero attached hydrogens (tertiary/aromatic N) is 4. The minimum Gasteiger partial charge on any atom is -0.507 e. The number of likely N-dealkylation sites (N-methyl/N-ethyl adjacent to an activating group) is 1. The number of thiazole rings is 1. The Morgan fingerprint density at radius 1 is 0.970 bits per heavy atom. The molecule has 0 amide bonds. The second-order valence-corrected chi connectivity index (χ2v) is 11.9. The summed E-state index contributed by atoms with van der Waals surface area (Å²) < 4.78 is 0. The molecule has 0 bridgehead atoms. The van der Waals surface area contributed by atoms with E-state index in [1.807, 2.05) is 12.3 Å². The Labute approximate surface area is 203 Å². The van der Waals surface area contributed by atoms with Gasteiger partial charge in [-0.15, -0.1) is 11.3 Å². The fourth-order valence-electron chi connectivity index (χ4n) is 3.74. The van der Waals surface area contributed by atoms with E-state index in [4.69, 9.17) is 4.98 Å². The zero-order valence-electron chi connectivity index (χ0n) is 21.3. The molecular weight excluding hydrogens is 428 g/mol. The van der Waals surface area contributed by atoms with Crippen molar-refractivity contribution in [3.05, 3.63) is 58.7 Å². The first-order valence-corrected chi connectivity index (χ1v) is 12.4. The van der Waals surface area contributed by atoms with Crippen molar-refractivity contribution in [3.63, 3.8) is 0 Å². The molecule has 0 aliphatic heterocycles. The van der Waals surface area contributed by atoms with Crippen molar-refractivity contribution < 1.29 is 5.11 Å². The van der Waals surface area contributed by atoms with Gasteiger partial charge in [-0.25, -0.2) is 4.98 Å². The van der Waals surface area contributed by atoms with E-state index < -0.39 is 0 Å². The van der Waals surface area contributed by atoms with Crippen LogP contribution < -0.4 is 4.90 Å². The minimum absolute atomic E-state index is 0.170. The van der Waals surface area contributed by atoms with Crippen LogP contribution in [-0.2, 0) is 17.4 Å². The molecule has 178 valence electrons. The SMILES string of the molecule is CN(C)CCN(Cc1cccnc1)c1nc(-c2cc(C(C)(C)C)c(O)c(C(C)(C)C)c2)cs1. The number of pyridine rings is 1. The molecule has 0 radical (unpaired) electrons.